The molecule has 3 aromatic rings. The van der Waals surface area contributed by atoms with E-state index in [-0.39, 0.29) is 11.9 Å². The van der Waals surface area contributed by atoms with E-state index in [9.17, 15) is 4.79 Å². The number of likely N-dealkylation sites (tertiary alicyclic amines) is 1. The van der Waals surface area contributed by atoms with Gasteiger partial charge < -0.3 is 9.42 Å². The summed E-state index contributed by atoms with van der Waals surface area (Å²) in [7, 11) is 0. The molecule has 7 heteroatoms. The molecule has 1 atom stereocenters. The highest BCUT2D eigenvalue weighted by Crippen LogP contribution is 2.33. The highest BCUT2D eigenvalue weighted by atomic mass is 16.5. The average Bonchev–Trinajstić information content (AvgIpc) is 3.28. The third-order valence-corrected chi connectivity index (χ3v) is 4.96. The first-order valence-corrected chi connectivity index (χ1v) is 9.04. The quantitative estimate of drug-likeness (QED) is 0.709. The molecule has 3 aromatic heterocycles. The second kappa shape index (κ2) is 6.90. The molecule has 0 aliphatic carbocycles. The molecule has 0 bridgehead atoms. The van der Waals surface area contributed by atoms with Crippen LogP contribution in [0, 0.1) is 20.8 Å². The van der Waals surface area contributed by atoms with Crippen LogP contribution >= 0.6 is 0 Å². The fourth-order valence-corrected chi connectivity index (χ4v) is 3.69. The van der Waals surface area contributed by atoms with Gasteiger partial charge in [0.2, 0.25) is 0 Å². The van der Waals surface area contributed by atoms with Crippen LogP contribution in [0.15, 0.2) is 35.1 Å². The lowest BCUT2D eigenvalue weighted by Crippen LogP contribution is -2.31. The molecule has 0 spiro atoms. The fourth-order valence-electron chi connectivity index (χ4n) is 3.69. The van der Waals surface area contributed by atoms with E-state index >= 15 is 0 Å². The van der Waals surface area contributed by atoms with Crippen LogP contribution in [0.3, 0.4) is 0 Å². The molecule has 138 valence electrons. The zero-order valence-corrected chi connectivity index (χ0v) is 15.6. The Balaban J connectivity index is 1.60. The minimum Gasteiger partial charge on any atom is -0.361 e. The third kappa shape index (κ3) is 3.20. The predicted octanol–water partition coefficient (Wildman–Crippen LogP) is 3.43. The molecule has 7 nitrogen and oxygen atoms in total. The van der Waals surface area contributed by atoms with Crippen LogP contribution in [0.2, 0.25) is 0 Å². The first kappa shape index (κ1) is 17.3. The summed E-state index contributed by atoms with van der Waals surface area (Å²) in [6.45, 7) is 6.30. The predicted molar refractivity (Wildman–Crippen MR) is 99.0 cm³/mol. The van der Waals surface area contributed by atoms with Crippen LogP contribution in [0.5, 0.6) is 0 Å². The SMILES string of the molecule is Cc1nccc(C(=O)N2CCCC2c2ccc(-c3c(C)noc3C)cn2)n1. The maximum absolute atomic E-state index is 12.9. The molecule has 1 amide bonds. The molecule has 4 rings (SSSR count). The molecule has 1 saturated heterocycles. The van der Waals surface area contributed by atoms with E-state index in [1.807, 2.05) is 37.1 Å². The number of aryl methyl sites for hydroxylation is 3. The van der Waals surface area contributed by atoms with E-state index < -0.39 is 0 Å². The molecule has 0 aromatic carbocycles. The number of pyridine rings is 1. The number of rotatable bonds is 3. The molecule has 0 saturated carbocycles. The Kier molecular flexibility index (Phi) is 4.43. The molecule has 0 radical (unpaired) electrons. The van der Waals surface area contributed by atoms with E-state index in [4.69, 9.17) is 4.52 Å². The van der Waals surface area contributed by atoms with Crippen molar-refractivity contribution in [2.24, 2.45) is 0 Å². The van der Waals surface area contributed by atoms with Gasteiger partial charge >= 0.3 is 0 Å². The monoisotopic (exact) mass is 363 g/mol. The van der Waals surface area contributed by atoms with Crippen molar-refractivity contribution in [2.75, 3.05) is 6.54 Å². The largest absolute Gasteiger partial charge is 0.361 e. The highest BCUT2D eigenvalue weighted by Gasteiger charge is 2.32. The second-order valence-corrected chi connectivity index (χ2v) is 6.82. The minimum atomic E-state index is -0.0698. The van der Waals surface area contributed by atoms with Gasteiger partial charge in [-0.3, -0.25) is 9.78 Å². The van der Waals surface area contributed by atoms with Gasteiger partial charge in [-0.2, -0.15) is 0 Å². The Morgan fingerprint density at radius 1 is 1.19 bits per heavy atom. The van der Waals surface area contributed by atoms with Crippen molar-refractivity contribution in [2.45, 2.75) is 39.7 Å². The van der Waals surface area contributed by atoms with Crippen molar-refractivity contribution in [1.82, 2.24) is 25.0 Å². The highest BCUT2D eigenvalue weighted by molar-refractivity contribution is 5.92. The summed E-state index contributed by atoms with van der Waals surface area (Å²) in [6, 6.07) is 5.64. The molecule has 1 fully saturated rings. The minimum absolute atomic E-state index is 0.0357. The van der Waals surface area contributed by atoms with Gasteiger partial charge in [-0.1, -0.05) is 11.2 Å². The average molecular weight is 363 g/mol. The van der Waals surface area contributed by atoms with Crippen LogP contribution in [0.4, 0.5) is 0 Å². The number of aromatic nitrogens is 4. The molecule has 27 heavy (non-hydrogen) atoms. The lowest BCUT2D eigenvalue weighted by atomic mass is 10.0. The summed E-state index contributed by atoms with van der Waals surface area (Å²) in [5, 5.41) is 4.00. The van der Waals surface area contributed by atoms with Gasteiger partial charge in [0, 0.05) is 30.1 Å². The van der Waals surface area contributed by atoms with Crippen molar-refractivity contribution in [1.29, 1.82) is 0 Å². The van der Waals surface area contributed by atoms with Crippen molar-refractivity contribution >= 4 is 5.91 Å². The van der Waals surface area contributed by atoms with Gasteiger partial charge in [-0.15, -0.1) is 0 Å². The number of hydrogen-bond acceptors (Lipinski definition) is 6. The first-order valence-electron chi connectivity index (χ1n) is 9.04. The van der Waals surface area contributed by atoms with E-state index in [0.717, 1.165) is 41.1 Å². The molecule has 0 N–H and O–H groups in total. The molecular formula is C20H21N5O2. The zero-order valence-electron chi connectivity index (χ0n) is 15.6. The third-order valence-electron chi connectivity index (χ3n) is 4.96. The van der Waals surface area contributed by atoms with Crippen molar-refractivity contribution in [3.8, 4) is 11.1 Å². The van der Waals surface area contributed by atoms with Crippen LogP contribution in [-0.2, 0) is 0 Å². The second-order valence-electron chi connectivity index (χ2n) is 6.82. The molecule has 1 aliphatic rings. The van der Waals surface area contributed by atoms with Crippen molar-refractivity contribution in [3.63, 3.8) is 0 Å². The summed E-state index contributed by atoms with van der Waals surface area (Å²) in [5.41, 5.74) is 4.12. The maximum Gasteiger partial charge on any atom is 0.273 e. The summed E-state index contributed by atoms with van der Waals surface area (Å²) in [6.07, 6.45) is 5.30. The Labute approximate surface area is 157 Å². The summed E-state index contributed by atoms with van der Waals surface area (Å²) in [4.78, 5) is 27.8. The number of amides is 1. The van der Waals surface area contributed by atoms with Crippen LogP contribution in [-0.4, -0.2) is 37.5 Å². The van der Waals surface area contributed by atoms with Crippen molar-refractivity contribution in [3.05, 3.63) is 59.3 Å². The molecular weight excluding hydrogens is 342 g/mol. The lowest BCUT2D eigenvalue weighted by molar-refractivity contribution is 0.0726. The lowest BCUT2D eigenvalue weighted by Gasteiger charge is -2.24. The summed E-state index contributed by atoms with van der Waals surface area (Å²) in [5.74, 6) is 1.30. The molecule has 4 heterocycles. The number of carbonyl (C=O) groups excluding carboxylic acids is 1. The zero-order chi connectivity index (χ0) is 19.0. The van der Waals surface area contributed by atoms with E-state index in [1.165, 1.54) is 0 Å². The Bertz CT molecular complexity index is 961. The normalized spacial score (nSPS) is 16.7. The summed E-state index contributed by atoms with van der Waals surface area (Å²) < 4.78 is 5.24. The molecule has 1 unspecified atom stereocenters. The van der Waals surface area contributed by atoms with E-state index in [2.05, 4.69) is 20.1 Å². The Morgan fingerprint density at radius 2 is 2.04 bits per heavy atom. The van der Waals surface area contributed by atoms with Crippen molar-refractivity contribution < 1.29 is 9.32 Å². The van der Waals surface area contributed by atoms with Crippen LogP contribution < -0.4 is 0 Å². The molecule has 1 aliphatic heterocycles. The number of nitrogens with zero attached hydrogens (tertiary/aromatic N) is 5. The van der Waals surface area contributed by atoms with Gasteiger partial charge in [-0.25, -0.2) is 9.97 Å². The maximum atomic E-state index is 12.9. The summed E-state index contributed by atoms with van der Waals surface area (Å²) >= 11 is 0. The van der Waals surface area contributed by atoms with E-state index in [0.29, 0.717) is 18.1 Å². The van der Waals surface area contributed by atoms with Gasteiger partial charge in [0.05, 0.1) is 17.4 Å². The van der Waals surface area contributed by atoms with Gasteiger partial charge in [-0.05, 0) is 45.7 Å². The number of hydrogen-bond donors (Lipinski definition) is 0. The van der Waals surface area contributed by atoms with Gasteiger partial charge in [0.15, 0.2) is 0 Å². The smallest absolute Gasteiger partial charge is 0.273 e. The standard InChI is InChI=1S/C20H21N5O2/c1-12-19(13(2)27-24-12)15-6-7-16(22-11-15)18-5-4-10-25(18)20(26)17-8-9-21-14(3)23-17/h6-9,11,18H,4-5,10H2,1-3H3. The first-order chi connectivity index (χ1) is 13.0. The Morgan fingerprint density at radius 3 is 2.70 bits per heavy atom. The topological polar surface area (TPSA) is 85.0 Å². The Hall–Kier alpha value is -3.09. The van der Waals surface area contributed by atoms with Gasteiger partial charge in [0.25, 0.3) is 5.91 Å². The van der Waals surface area contributed by atoms with E-state index in [1.54, 1.807) is 19.2 Å². The van der Waals surface area contributed by atoms with Crippen LogP contribution in [0.25, 0.3) is 11.1 Å². The van der Waals surface area contributed by atoms with Crippen LogP contribution in [0.1, 0.15) is 52.3 Å². The van der Waals surface area contributed by atoms with Gasteiger partial charge in [0.1, 0.15) is 17.3 Å². The fraction of sp³-hybridized carbons (Fsp3) is 0.350. The number of carbonyl (C=O) groups is 1.